The van der Waals surface area contributed by atoms with Gasteiger partial charge in [-0.1, -0.05) is 44.2 Å². The molecular weight excluding hydrogens is 416 g/mol. The molecule has 0 saturated carbocycles. The number of nitrogens with two attached hydrogens (primary N) is 2. The van der Waals surface area contributed by atoms with E-state index in [4.69, 9.17) is 20.9 Å². The first-order chi connectivity index (χ1) is 14.6. The highest BCUT2D eigenvalue weighted by Crippen LogP contribution is 2.38. The van der Waals surface area contributed by atoms with E-state index in [1.165, 1.54) is 13.2 Å². The van der Waals surface area contributed by atoms with Crippen molar-refractivity contribution in [2.75, 3.05) is 13.4 Å². The summed E-state index contributed by atoms with van der Waals surface area (Å²) in [7, 11) is -2.14. The Morgan fingerprint density at radius 1 is 1.16 bits per heavy atom. The zero-order valence-corrected chi connectivity index (χ0v) is 18.9. The van der Waals surface area contributed by atoms with E-state index < -0.39 is 21.7 Å². The molecule has 0 saturated heterocycles. The third kappa shape index (κ3) is 4.88. The Labute approximate surface area is 182 Å². The Morgan fingerprint density at radius 3 is 2.39 bits per heavy atom. The molecule has 1 aliphatic heterocycles. The van der Waals surface area contributed by atoms with Gasteiger partial charge in [-0.15, -0.1) is 0 Å². The van der Waals surface area contributed by atoms with E-state index in [1.807, 2.05) is 44.2 Å². The maximum atomic E-state index is 12.4. The van der Waals surface area contributed by atoms with Crippen LogP contribution in [0.2, 0.25) is 0 Å². The normalized spacial score (nSPS) is 21.1. The van der Waals surface area contributed by atoms with Crippen molar-refractivity contribution in [3.8, 4) is 11.5 Å². The predicted octanol–water partition coefficient (Wildman–Crippen LogP) is 2.27. The second kappa shape index (κ2) is 8.68. The highest BCUT2D eigenvalue weighted by atomic mass is 32.2. The number of nitrogens with zero attached hydrogens (tertiary/aromatic N) is 2. The topological polar surface area (TPSA) is 129 Å². The van der Waals surface area contributed by atoms with Crippen LogP contribution in [0.25, 0.3) is 0 Å². The molecule has 2 unspecified atom stereocenters. The van der Waals surface area contributed by atoms with Crippen molar-refractivity contribution in [1.82, 2.24) is 0 Å². The van der Waals surface area contributed by atoms with Crippen molar-refractivity contribution in [2.24, 2.45) is 21.5 Å². The van der Waals surface area contributed by atoms with E-state index in [0.717, 1.165) is 17.4 Å². The van der Waals surface area contributed by atoms with Crippen LogP contribution in [0.5, 0.6) is 11.5 Å². The summed E-state index contributed by atoms with van der Waals surface area (Å²) in [5.41, 5.74) is 12.6. The van der Waals surface area contributed by atoms with Gasteiger partial charge in [0.05, 0.1) is 13.3 Å². The summed E-state index contributed by atoms with van der Waals surface area (Å²) >= 11 is 0. The van der Waals surface area contributed by atoms with Gasteiger partial charge in [0.15, 0.2) is 16.1 Å². The van der Waals surface area contributed by atoms with Crippen molar-refractivity contribution in [1.29, 1.82) is 0 Å². The third-order valence-electron chi connectivity index (χ3n) is 5.06. The number of amidine groups is 1. The lowest BCUT2D eigenvalue weighted by Gasteiger charge is -2.34. The lowest BCUT2D eigenvalue weighted by molar-refractivity contribution is 0.207. The number of ether oxygens (including phenoxy) is 2. The van der Waals surface area contributed by atoms with Crippen LogP contribution in [0.1, 0.15) is 30.9 Å². The average Bonchev–Trinajstić information content (AvgIpc) is 2.70. The van der Waals surface area contributed by atoms with Gasteiger partial charge in [-0.25, -0.2) is 13.4 Å². The number of rotatable bonds is 7. The minimum Gasteiger partial charge on any atom is -0.495 e. The third-order valence-corrected chi connectivity index (χ3v) is 6.18. The quantitative estimate of drug-likeness (QED) is 0.674. The Bertz CT molecular complexity index is 1110. The SMILES string of the molecule is COc1cc(C(C)C)c(OC2(Cc3ccccc3)C=NC(N)N=C2N)cc1S(C)(=O)=O. The van der Waals surface area contributed by atoms with Gasteiger partial charge in [-0.3, -0.25) is 10.7 Å². The molecule has 0 spiro atoms. The number of hydrogen-bond donors (Lipinski definition) is 2. The smallest absolute Gasteiger partial charge is 0.204 e. The van der Waals surface area contributed by atoms with E-state index in [0.29, 0.717) is 12.2 Å². The van der Waals surface area contributed by atoms with Crippen molar-refractivity contribution in [2.45, 2.75) is 43.0 Å². The zero-order valence-electron chi connectivity index (χ0n) is 18.1. The monoisotopic (exact) mass is 444 g/mol. The number of aliphatic imine (C=N–C) groups is 2. The van der Waals surface area contributed by atoms with Crippen molar-refractivity contribution in [3.05, 3.63) is 53.6 Å². The van der Waals surface area contributed by atoms with Crippen LogP contribution in [-0.4, -0.2) is 45.7 Å². The number of benzene rings is 2. The van der Waals surface area contributed by atoms with E-state index in [1.54, 1.807) is 12.3 Å². The molecule has 0 aliphatic carbocycles. The standard InChI is InChI=1S/C22H28N4O4S/c1-14(2)16-10-18(29-3)19(31(4,27)28)11-17(16)30-22(12-15-8-6-5-7-9-15)13-25-21(24)26-20(22)23/h5-11,13-14,21H,12,24H2,1-4H3,(H2,23,26). The molecule has 9 heteroatoms. The van der Waals surface area contributed by atoms with Gasteiger partial charge in [0.25, 0.3) is 0 Å². The van der Waals surface area contributed by atoms with Crippen LogP contribution < -0.4 is 20.9 Å². The molecule has 0 amide bonds. The van der Waals surface area contributed by atoms with E-state index in [9.17, 15) is 8.42 Å². The van der Waals surface area contributed by atoms with Crippen LogP contribution in [0.15, 0.2) is 57.3 Å². The number of methoxy groups -OCH3 is 1. The maximum absolute atomic E-state index is 12.4. The molecule has 4 N–H and O–H groups in total. The molecule has 2 aromatic carbocycles. The summed E-state index contributed by atoms with van der Waals surface area (Å²) in [4.78, 5) is 8.47. The molecule has 1 heterocycles. The first kappa shape index (κ1) is 22.8. The molecule has 8 nitrogen and oxygen atoms in total. The second-order valence-electron chi connectivity index (χ2n) is 7.83. The van der Waals surface area contributed by atoms with Crippen LogP contribution in [-0.2, 0) is 16.3 Å². The fourth-order valence-electron chi connectivity index (χ4n) is 3.44. The van der Waals surface area contributed by atoms with Gasteiger partial charge in [0.2, 0.25) is 5.60 Å². The number of sulfone groups is 1. The van der Waals surface area contributed by atoms with E-state index >= 15 is 0 Å². The maximum Gasteiger partial charge on any atom is 0.204 e. The second-order valence-corrected chi connectivity index (χ2v) is 9.81. The molecule has 2 aromatic rings. The fraction of sp³-hybridized carbons (Fsp3) is 0.364. The minimum atomic E-state index is -3.57. The van der Waals surface area contributed by atoms with Crippen LogP contribution >= 0.6 is 0 Å². The van der Waals surface area contributed by atoms with Crippen molar-refractivity contribution in [3.63, 3.8) is 0 Å². The minimum absolute atomic E-state index is 0.0206. The lowest BCUT2D eigenvalue weighted by atomic mass is 9.92. The Morgan fingerprint density at radius 2 is 1.84 bits per heavy atom. The highest BCUT2D eigenvalue weighted by Gasteiger charge is 2.39. The molecule has 0 radical (unpaired) electrons. The molecule has 1 aliphatic rings. The molecular formula is C22H28N4O4S. The summed E-state index contributed by atoms with van der Waals surface area (Å²) in [5, 5.41) is 0. The largest absolute Gasteiger partial charge is 0.495 e. The van der Waals surface area contributed by atoms with E-state index in [2.05, 4.69) is 9.98 Å². The lowest BCUT2D eigenvalue weighted by Crippen LogP contribution is -2.55. The highest BCUT2D eigenvalue weighted by molar-refractivity contribution is 7.90. The van der Waals surface area contributed by atoms with Gasteiger partial charge in [0.1, 0.15) is 22.2 Å². The Balaban J connectivity index is 2.17. The summed E-state index contributed by atoms with van der Waals surface area (Å²) in [6.07, 6.45) is 2.22. The molecule has 166 valence electrons. The molecule has 0 aromatic heterocycles. The summed E-state index contributed by atoms with van der Waals surface area (Å²) in [6, 6.07) is 12.8. The molecule has 0 bridgehead atoms. The van der Waals surface area contributed by atoms with Crippen molar-refractivity contribution < 1.29 is 17.9 Å². The van der Waals surface area contributed by atoms with Crippen LogP contribution in [0, 0.1) is 0 Å². The molecule has 0 fully saturated rings. The molecule has 31 heavy (non-hydrogen) atoms. The van der Waals surface area contributed by atoms with Gasteiger partial charge in [-0.05, 0) is 17.5 Å². The van der Waals surface area contributed by atoms with Crippen molar-refractivity contribution >= 4 is 21.9 Å². The molecule has 2 atom stereocenters. The van der Waals surface area contributed by atoms with Gasteiger partial charge in [0, 0.05) is 24.3 Å². The summed E-state index contributed by atoms with van der Waals surface area (Å²) in [5.74, 6) is 0.821. The zero-order chi connectivity index (χ0) is 22.8. The first-order valence-corrected chi connectivity index (χ1v) is 11.7. The summed E-state index contributed by atoms with van der Waals surface area (Å²) < 4.78 is 36.6. The first-order valence-electron chi connectivity index (χ1n) is 9.84. The van der Waals surface area contributed by atoms with Crippen LogP contribution in [0.4, 0.5) is 0 Å². The average molecular weight is 445 g/mol. The molecule has 3 rings (SSSR count). The predicted molar refractivity (Wildman–Crippen MR) is 122 cm³/mol. The Kier molecular flexibility index (Phi) is 6.38. The Hall–Kier alpha value is -2.91. The summed E-state index contributed by atoms with van der Waals surface area (Å²) in [6.45, 7) is 3.96. The van der Waals surface area contributed by atoms with E-state index in [-0.39, 0.29) is 22.4 Å². The number of hydrogen-bond acceptors (Lipinski definition) is 8. The van der Waals surface area contributed by atoms with Gasteiger partial charge in [-0.2, -0.15) is 0 Å². The fourth-order valence-corrected chi connectivity index (χ4v) is 4.27. The van der Waals surface area contributed by atoms with Crippen LogP contribution in [0.3, 0.4) is 0 Å². The van der Waals surface area contributed by atoms with Gasteiger partial charge < -0.3 is 15.2 Å². The van der Waals surface area contributed by atoms with Gasteiger partial charge >= 0.3 is 0 Å².